The van der Waals surface area contributed by atoms with Crippen LogP contribution in [-0.2, 0) is 6.42 Å². The van der Waals surface area contributed by atoms with Gasteiger partial charge in [0.05, 0.1) is 14.2 Å². The van der Waals surface area contributed by atoms with E-state index in [1.165, 1.54) is 11.1 Å². The summed E-state index contributed by atoms with van der Waals surface area (Å²) in [4.78, 5) is 6.79. The number of ether oxygens (including phenoxy) is 2. The highest BCUT2D eigenvalue weighted by Gasteiger charge is 2.26. The SMILES string of the molecule is CN=C(NCCCc1ccc(O)cc1)N1CCC(c2cc(OC)cc(OC)c2)C1.I. The van der Waals surface area contributed by atoms with E-state index < -0.39 is 0 Å². The van der Waals surface area contributed by atoms with Crippen LogP contribution in [0, 0.1) is 0 Å². The summed E-state index contributed by atoms with van der Waals surface area (Å²) in [5, 5.41) is 12.9. The number of rotatable bonds is 7. The Bertz CT molecular complexity index is 805. The standard InChI is InChI=1S/C23H31N3O3.HI/c1-24-23(25-11-4-5-17-6-8-20(27)9-7-17)26-12-10-18(16-26)19-13-21(28-2)15-22(14-19)29-3;/h6-9,13-15,18,27H,4-5,10-12,16H2,1-3H3,(H,24,25);1H. The lowest BCUT2D eigenvalue weighted by molar-refractivity contribution is 0.392. The van der Waals surface area contributed by atoms with Gasteiger partial charge in [-0.3, -0.25) is 4.99 Å². The molecule has 7 heteroatoms. The van der Waals surface area contributed by atoms with E-state index in [9.17, 15) is 5.11 Å². The first kappa shape index (κ1) is 24.1. The molecule has 0 amide bonds. The lowest BCUT2D eigenvalue weighted by Gasteiger charge is -2.22. The zero-order valence-electron chi connectivity index (χ0n) is 17.9. The second-order valence-electron chi connectivity index (χ2n) is 7.32. The molecule has 164 valence electrons. The summed E-state index contributed by atoms with van der Waals surface area (Å²) in [6.45, 7) is 2.76. The third-order valence-electron chi connectivity index (χ3n) is 5.41. The number of phenols is 1. The number of nitrogens with zero attached hydrogens (tertiary/aromatic N) is 2. The molecule has 0 aliphatic carbocycles. The van der Waals surface area contributed by atoms with Gasteiger partial charge < -0.3 is 24.8 Å². The van der Waals surface area contributed by atoms with Crippen molar-refractivity contribution in [2.24, 2.45) is 4.99 Å². The van der Waals surface area contributed by atoms with Gasteiger partial charge in [-0.05, 0) is 54.7 Å². The first-order valence-electron chi connectivity index (χ1n) is 10.1. The zero-order chi connectivity index (χ0) is 20.6. The number of hydrogen-bond acceptors (Lipinski definition) is 4. The summed E-state index contributed by atoms with van der Waals surface area (Å²) in [5.74, 6) is 3.34. The Labute approximate surface area is 196 Å². The molecule has 1 aliphatic heterocycles. The topological polar surface area (TPSA) is 66.3 Å². The minimum Gasteiger partial charge on any atom is -0.508 e. The molecule has 1 heterocycles. The Morgan fingerprint density at radius 2 is 1.80 bits per heavy atom. The lowest BCUT2D eigenvalue weighted by atomic mass is 9.98. The maximum Gasteiger partial charge on any atom is 0.193 e. The molecule has 1 fully saturated rings. The smallest absolute Gasteiger partial charge is 0.193 e. The summed E-state index contributed by atoms with van der Waals surface area (Å²) < 4.78 is 10.8. The number of phenolic OH excluding ortho intramolecular Hbond substituents is 1. The average Bonchev–Trinajstić information content (AvgIpc) is 3.24. The maximum atomic E-state index is 9.37. The van der Waals surface area contributed by atoms with Crippen LogP contribution in [0.4, 0.5) is 0 Å². The van der Waals surface area contributed by atoms with Crippen LogP contribution in [0.5, 0.6) is 17.2 Å². The molecule has 3 rings (SSSR count). The Balaban J connectivity index is 0.00000320. The van der Waals surface area contributed by atoms with Crippen LogP contribution < -0.4 is 14.8 Å². The van der Waals surface area contributed by atoms with Gasteiger partial charge in [0.1, 0.15) is 17.2 Å². The minimum absolute atomic E-state index is 0. The van der Waals surface area contributed by atoms with Gasteiger partial charge in [0, 0.05) is 38.7 Å². The van der Waals surface area contributed by atoms with Gasteiger partial charge >= 0.3 is 0 Å². The minimum atomic E-state index is 0. The number of aliphatic imine (C=N–C) groups is 1. The summed E-state index contributed by atoms with van der Waals surface area (Å²) >= 11 is 0. The van der Waals surface area contributed by atoms with Gasteiger partial charge in [-0.2, -0.15) is 0 Å². The van der Waals surface area contributed by atoms with Gasteiger partial charge in [0.25, 0.3) is 0 Å². The highest BCUT2D eigenvalue weighted by molar-refractivity contribution is 14.0. The Hall–Kier alpha value is -2.16. The van der Waals surface area contributed by atoms with E-state index in [4.69, 9.17) is 9.47 Å². The first-order chi connectivity index (χ1) is 14.1. The highest BCUT2D eigenvalue weighted by atomic mass is 127. The van der Waals surface area contributed by atoms with Crippen LogP contribution in [0.1, 0.15) is 29.9 Å². The number of guanidine groups is 1. The van der Waals surface area contributed by atoms with E-state index >= 15 is 0 Å². The fourth-order valence-corrected chi connectivity index (χ4v) is 3.78. The number of aryl methyl sites for hydroxylation is 1. The van der Waals surface area contributed by atoms with Crippen molar-refractivity contribution >= 4 is 29.9 Å². The van der Waals surface area contributed by atoms with E-state index in [1.807, 2.05) is 25.2 Å². The number of nitrogens with one attached hydrogen (secondary N) is 1. The average molecular weight is 525 g/mol. The van der Waals surface area contributed by atoms with E-state index in [0.29, 0.717) is 11.7 Å². The third kappa shape index (κ3) is 6.42. The Morgan fingerprint density at radius 3 is 2.40 bits per heavy atom. The van der Waals surface area contributed by atoms with Crippen molar-refractivity contribution in [3.05, 3.63) is 53.6 Å². The van der Waals surface area contributed by atoms with Crippen LogP contribution in [-0.4, -0.2) is 56.9 Å². The Kier molecular flexibility index (Phi) is 9.55. The number of hydrogen-bond donors (Lipinski definition) is 2. The second kappa shape index (κ2) is 11.9. The molecule has 2 aromatic rings. The number of aromatic hydroxyl groups is 1. The Morgan fingerprint density at radius 1 is 1.13 bits per heavy atom. The molecule has 2 N–H and O–H groups in total. The molecule has 0 bridgehead atoms. The van der Waals surface area contributed by atoms with Gasteiger partial charge in [-0.15, -0.1) is 24.0 Å². The van der Waals surface area contributed by atoms with E-state index in [2.05, 4.69) is 27.3 Å². The van der Waals surface area contributed by atoms with Crippen LogP contribution >= 0.6 is 24.0 Å². The van der Waals surface area contributed by atoms with Crippen LogP contribution in [0.2, 0.25) is 0 Å². The van der Waals surface area contributed by atoms with Gasteiger partial charge in [-0.1, -0.05) is 12.1 Å². The van der Waals surface area contributed by atoms with E-state index in [-0.39, 0.29) is 24.0 Å². The van der Waals surface area contributed by atoms with E-state index in [0.717, 1.165) is 56.4 Å². The molecular weight excluding hydrogens is 493 g/mol. The maximum absolute atomic E-state index is 9.37. The molecule has 1 saturated heterocycles. The third-order valence-corrected chi connectivity index (χ3v) is 5.41. The van der Waals surface area contributed by atoms with Crippen molar-refractivity contribution in [3.63, 3.8) is 0 Å². The quantitative estimate of drug-likeness (QED) is 0.248. The molecule has 1 aliphatic rings. The molecule has 2 aromatic carbocycles. The zero-order valence-corrected chi connectivity index (χ0v) is 20.3. The molecule has 0 radical (unpaired) electrons. The molecule has 0 spiro atoms. The number of halogens is 1. The van der Waals surface area contributed by atoms with Crippen molar-refractivity contribution in [1.29, 1.82) is 0 Å². The van der Waals surface area contributed by atoms with Crippen molar-refractivity contribution in [1.82, 2.24) is 10.2 Å². The van der Waals surface area contributed by atoms with Gasteiger partial charge in [-0.25, -0.2) is 0 Å². The highest BCUT2D eigenvalue weighted by Crippen LogP contribution is 2.32. The second-order valence-corrected chi connectivity index (χ2v) is 7.32. The van der Waals surface area contributed by atoms with Crippen molar-refractivity contribution in [3.8, 4) is 17.2 Å². The number of methoxy groups -OCH3 is 2. The first-order valence-corrected chi connectivity index (χ1v) is 10.1. The summed E-state index contributed by atoms with van der Waals surface area (Å²) in [5.41, 5.74) is 2.47. The predicted molar refractivity (Wildman–Crippen MR) is 132 cm³/mol. The molecule has 0 aromatic heterocycles. The number of likely N-dealkylation sites (tertiary alicyclic amines) is 1. The van der Waals surface area contributed by atoms with Crippen molar-refractivity contribution < 1.29 is 14.6 Å². The molecule has 1 atom stereocenters. The summed E-state index contributed by atoms with van der Waals surface area (Å²) in [6.07, 6.45) is 3.05. The van der Waals surface area contributed by atoms with Crippen LogP contribution in [0.3, 0.4) is 0 Å². The summed E-state index contributed by atoms with van der Waals surface area (Å²) in [6, 6.07) is 13.5. The largest absolute Gasteiger partial charge is 0.508 e. The fraction of sp³-hybridized carbons (Fsp3) is 0.435. The van der Waals surface area contributed by atoms with E-state index in [1.54, 1.807) is 26.4 Å². The van der Waals surface area contributed by atoms with Crippen LogP contribution in [0.15, 0.2) is 47.5 Å². The molecule has 6 nitrogen and oxygen atoms in total. The van der Waals surface area contributed by atoms with Crippen molar-refractivity contribution in [2.75, 3.05) is 40.9 Å². The monoisotopic (exact) mass is 525 g/mol. The summed E-state index contributed by atoms with van der Waals surface area (Å²) in [7, 11) is 5.21. The molecular formula is C23H32IN3O3. The lowest BCUT2D eigenvalue weighted by Crippen LogP contribution is -2.40. The molecule has 30 heavy (non-hydrogen) atoms. The van der Waals surface area contributed by atoms with Crippen molar-refractivity contribution in [2.45, 2.75) is 25.2 Å². The fourth-order valence-electron chi connectivity index (χ4n) is 3.78. The van der Waals surface area contributed by atoms with Gasteiger partial charge in [0.2, 0.25) is 0 Å². The molecule has 0 saturated carbocycles. The normalized spacial score (nSPS) is 16.2. The van der Waals surface area contributed by atoms with Gasteiger partial charge in [0.15, 0.2) is 5.96 Å². The predicted octanol–water partition coefficient (Wildman–Crippen LogP) is 4.02. The number of benzene rings is 2. The van der Waals surface area contributed by atoms with Crippen LogP contribution in [0.25, 0.3) is 0 Å². The molecule has 1 unspecified atom stereocenters.